The average molecular weight is 294 g/mol. The molecule has 0 saturated carbocycles. The van der Waals surface area contributed by atoms with Crippen molar-refractivity contribution in [3.05, 3.63) is 11.6 Å². The van der Waals surface area contributed by atoms with Crippen LogP contribution in [0.4, 0.5) is 0 Å². The molecule has 1 rings (SSSR count). The highest BCUT2D eigenvalue weighted by Crippen LogP contribution is 2.19. The maximum atomic E-state index is 11.7. The van der Waals surface area contributed by atoms with Gasteiger partial charge >= 0.3 is 0 Å². The SMILES string of the molecule is CN=C(NCCC1=CCCCC1)NCC(=O)NC(C)(C)C. The Balaban J connectivity index is 2.23. The summed E-state index contributed by atoms with van der Waals surface area (Å²) in [6.07, 6.45) is 8.48. The summed E-state index contributed by atoms with van der Waals surface area (Å²) in [6.45, 7) is 6.99. The first-order chi connectivity index (χ1) is 9.90. The highest BCUT2D eigenvalue weighted by atomic mass is 16.2. The first kappa shape index (κ1) is 17.5. The Morgan fingerprint density at radius 1 is 1.29 bits per heavy atom. The fourth-order valence-electron chi connectivity index (χ4n) is 2.32. The molecule has 1 aliphatic rings. The lowest BCUT2D eigenvalue weighted by atomic mass is 9.97. The van der Waals surface area contributed by atoms with E-state index in [0.717, 1.165) is 13.0 Å². The molecular formula is C16H30N4O. The molecule has 0 aromatic heterocycles. The number of carbonyl (C=O) groups is 1. The van der Waals surface area contributed by atoms with Crippen LogP contribution in [-0.2, 0) is 4.79 Å². The van der Waals surface area contributed by atoms with E-state index in [1.54, 1.807) is 7.05 Å². The summed E-state index contributed by atoms with van der Waals surface area (Å²) in [5.41, 5.74) is 1.33. The van der Waals surface area contributed by atoms with Crippen molar-refractivity contribution in [2.45, 2.75) is 58.4 Å². The van der Waals surface area contributed by atoms with E-state index in [9.17, 15) is 4.79 Å². The Labute approximate surface area is 128 Å². The van der Waals surface area contributed by atoms with E-state index in [1.165, 1.54) is 31.3 Å². The van der Waals surface area contributed by atoms with Gasteiger partial charge in [-0.2, -0.15) is 0 Å². The smallest absolute Gasteiger partial charge is 0.239 e. The second-order valence-electron chi connectivity index (χ2n) is 6.51. The van der Waals surface area contributed by atoms with Crippen LogP contribution in [0.15, 0.2) is 16.6 Å². The molecule has 5 nitrogen and oxygen atoms in total. The first-order valence-electron chi connectivity index (χ1n) is 7.84. The summed E-state index contributed by atoms with van der Waals surface area (Å²) >= 11 is 0. The van der Waals surface area contributed by atoms with Crippen molar-refractivity contribution in [2.75, 3.05) is 20.1 Å². The van der Waals surface area contributed by atoms with Crippen LogP contribution < -0.4 is 16.0 Å². The Morgan fingerprint density at radius 2 is 2.05 bits per heavy atom. The molecule has 3 N–H and O–H groups in total. The Morgan fingerprint density at radius 3 is 2.62 bits per heavy atom. The number of carbonyl (C=O) groups excluding carboxylic acids is 1. The lowest BCUT2D eigenvalue weighted by molar-refractivity contribution is -0.121. The van der Waals surface area contributed by atoms with E-state index in [4.69, 9.17) is 0 Å². The van der Waals surface area contributed by atoms with Crippen molar-refractivity contribution in [1.82, 2.24) is 16.0 Å². The average Bonchev–Trinajstić information content (AvgIpc) is 2.42. The monoisotopic (exact) mass is 294 g/mol. The third-order valence-corrected chi connectivity index (χ3v) is 3.28. The molecule has 0 atom stereocenters. The minimum Gasteiger partial charge on any atom is -0.356 e. The molecule has 0 heterocycles. The van der Waals surface area contributed by atoms with Gasteiger partial charge in [0.05, 0.1) is 6.54 Å². The number of amides is 1. The van der Waals surface area contributed by atoms with Crippen LogP contribution in [0.1, 0.15) is 52.9 Å². The number of hydrogen-bond donors (Lipinski definition) is 3. The number of nitrogens with one attached hydrogen (secondary N) is 3. The van der Waals surface area contributed by atoms with Gasteiger partial charge < -0.3 is 16.0 Å². The quantitative estimate of drug-likeness (QED) is 0.412. The van der Waals surface area contributed by atoms with Crippen LogP contribution in [0, 0.1) is 0 Å². The summed E-state index contributed by atoms with van der Waals surface area (Å²) in [4.78, 5) is 15.9. The van der Waals surface area contributed by atoms with E-state index in [0.29, 0.717) is 5.96 Å². The van der Waals surface area contributed by atoms with Crippen LogP contribution in [0.5, 0.6) is 0 Å². The minimum absolute atomic E-state index is 0.0274. The van der Waals surface area contributed by atoms with E-state index < -0.39 is 0 Å². The molecule has 0 aromatic carbocycles. The molecule has 0 radical (unpaired) electrons. The topological polar surface area (TPSA) is 65.5 Å². The summed E-state index contributed by atoms with van der Waals surface area (Å²) in [5, 5.41) is 9.20. The zero-order chi connectivity index (χ0) is 15.7. The van der Waals surface area contributed by atoms with E-state index in [2.05, 4.69) is 27.0 Å². The molecule has 1 aliphatic carbocycles. The van der Waals surface area contributed by atoms with E-state index >= 15 is 0 Å². The second kappa shape index (κ2) is 8.70. The molecule has 0 unspecified atom stereocenters. The largest absolute Gasteiger partial charge is 0.356 e. The highest BCUT2D eigenvalue weighted by molar-refractivity contribution is 5.86. The van der Waals surface area contributed by atoms with Gasteiger partial charge in [0.15, 0.2) is 5.96 Å². The van der Waals surface area contributed by atoms with Crippen LogP contribution in [0.2, 0.25) is 0 Å². The summed E-state index contributed by atoms with van der Waals surface area (Å²) in [5.74, 6) is 0.649. The zero-order valence-electron chi connectivity index (χ0n) is 13.9. The van der Waals surface area contributed by atoms with Crippen molar-refractivity contribution < 1.29 is 4.79 Å². The van der Waals surface area contributed by atoms with Crippen molar-refractivity contribution in [1.29, 1.82) is 0 Å². The molecule has 0 bridgehead atoms. The third-order valence-electron chi connectivity index (χ3n) is 3.28. The van der Waals surface area contributed by atoms with Crippen LogP contribution in [-0.4, -0.2) is 37.5 Å². The summed E-state index contributed by atoms with van der Waals surface area (Å²) in [6, 6.07) is 0. The Kier molecular flexibility index (Phi) is 7.26. The zero-order valence-corrected chi connectivity index (χ0v) is 13.9. The fourth-order valence-corrected chi connectivity index (χ4v) is 2.32. The molecule has 0 saturated heterocycles. The molecule has 0 fully saturated rings. The fraction of sp³-hybridized carbons (Fsp3) is 0.750. The van der Waals surface area contributed by atoms with Gasteiger partial charge in [-0.3, -0.25) is 9.79 Å². The summed E-state index contributed by atoms with van der Waals surface area (Å²) < 4.78 is 0. The number of guanidine groups is 1. The van der Waals surface area contributed by atoms with Gasteiger partial charge in [0.1, 0.15) is 0 Å². The predicted molar refractivity (Wildman–Crippen MR) is 88.4 cm³/mol. The van der Waals surface area contributed by atoms with Gasteiger partial charge in [0, 0.05) is 19.1 Å². The highest BCUT2D eigenvalue weighted by Gasteiger charge is 2.13. The van der Waals surface area contributed by atoms with Gasteiger partial charge in [-0.25, -0.2) is 0 Å². The first-order valence-corrected chi connectivity index (χ1v) is 7.84. The Hall–Kier alpha value is -1.52. The lowest BCUT2D eigenvalue weighted by Crippen LogP contribution is -2.48. The molecule has 0 spiro atoms. The molecule has 120 valence electrons. The van der Waals surface area contributed by atoms with Gasteiger partial charge in [-0.1, -0.05) is 11.6 Å². The maximum Gasteiger partial charge on any atom is 0.239 e. The van der Waals surface area contributed by atoms with Crippen LogP contribution >= 0.6 is 0 Å². The molecular weight excluding hydrogens is 264 g/mol. The number of aliphatic imine (C=N–C) groups is 1. The molecule has 0 aromatic rings. The number of allylic oxidation sites excluding steroid dienone is 1. The minimum atomic E-state index is -0.205. The van der Waals surface area contributed by atoms with Crippen molar-refractivity contribution >= 4 is 11.9 Å². The molecule has 21 heavy (non-hydrogen) atoms. The normalized spacial score (nSPS) is 16.2. The van der Waals surface area contributed by atoms with Crippen molar-refractivity contribution in [3.63, 3.8) is 0 Å². The maximum absolute atomic E-state index is 11.7. The number of rotatable bonds is 5. The predicted octanol–water partition coefficient (Wildman–Crippen LogP) is 1.96. The Bertz CT molecular complexity index is 394. The van der Waals surface area contributed by atoms with Gasteiger partial charge in [0.2, 0.25) is 5.91 Å². The molecule has 5 heteroatoms. The van der Waals surface area contributed by atoms with Crippen LogP contribution in [0.25, 0.3) is 0 Å². The standard InChI is InChI=1S/C16H30N4O/c1-16(2,3)20-14(21)12-19-15(17-4)18-11-10-13-8-6-5-7-9-13/h8H,5-7,9-12H2,1-4H3,(H,20,21)(H2,17,18,19). The van der Waals surface area contributed by atoms with E-state index in [1.807, 2.05) is 20.8 Å². The van der Waals surface area contributed by atoms with Crippen LogP contribution in [0.3, 0.4) is 0 Å². The van der Waals surface area contributed by atoms with Crippen molar-refractivity contribution in [3.8, 4) is 0 Å². The van der Waals surface area contributed by atoms with Gasteiger partial charge in [-0.15, -0.1) is 0 Å². The number of hydrogen-bond acceptors (Lipinski definition) is 2. The van der Waals surface area contributed by atoms with E-state index in [-0.39, 0.29) is 18.0 Å². The lowest BCUT2D eigenvalue weighted by Gasteiger charge is -2.21. The molecule has 1 amide bonds. The number of nitrogens with zero attached hydrogens (tertiary/aromatic N) is 1. The second-order valence-corrected chi connectivity index (χ2v) is 6.51. The third kappa shape index (κ3) is 8.38. The summed E-state index contributed by atoms with van der Waals surface area (Å²) in [7, 11) is 1.72. The van der Waals surface area contributed by atoms with Crippen molar-refractivity contribution in [2.24, 2.45) is 4.99 Å². The van der Waals surface area contributed by atoms with Gasteiger partial charge in [0.25, 0.3) is 0 Å². The molecule has 0 aliphatic heterocycles. The van der Waals surface area contributed by atoms with Gasteiger partial charge in [-0.05, 0) is 52.9 Å².